The van der Waals surface area contributed by atoms with E-state index < -0.39 is 57.6 Å². The van der Waals surface area contributed by atoms with E-state index in [1.54, 1.807) is 0 Å². The zero-order valence-electron chi connectivity index (χ0n) is 32.6. The van der Waals surface area contributed by atoms with Crippen LogP contribution in [0.1, 0.15) is 181 Å². The Hall–Kier alpha value is -2.04. The number of aliphatic hydroxyl groups excluding tert-OH is 1. The molecule has 4 N–H and O–H groups in total. The Labute approximate surface area is 315 Å². The van der Waals surface area contributed by atoms with Gasteiger partial charge in [0, 0.05) is 12.8 Å². The number of nitrogens with one attached hydrogen (secondary N) is 1. The van der Waals surface area contributed by atoms with Gasteiger partial charge in [0.15, 0.2) is 6.04 Å². The van der Waals surface area contributed by atoms with Crippen molar-refractivity contribution in [3.8, 4) is 0 Å². The van der Waals surface area contributed by atoms with Gasteiger partial charge < -0.3 is 25.2 Å². The molecule has 0 saturated heterocycles. The Morgan fingerprint density at radius 2 is 1.04 bits per heavy atom. The van der Waals surface area contributed by atoms with E-state index in [-0.39, 0.29) is 12.8 Å². The van der Waals surface area contributed by atoms with Crippen molar-refractivity contribution >= 4 is 25.7 Å². The summed E-state index contributed by atoms with van der Waals surface area (Å²) >= 11 is 0. The van der Waals surface area contributed by atoms with Crippen LogP contribution in [0, 0.1) is 0 Å². The first-order chi connectivity index (χ1) is 25.1. The van der Waals surface area contributed by atoms with Crippen LogP contribution in [-0.4, -0.2) is 64.9 Å². The molecule has 0 fully saturated rings. The zero-order valence-corrected chi connectivity index (χ0v) is 33.5. The average molecular weight is 760 g/mol. The van der Waals surface area contributed by atoms with Crippen molar-refractivity contribution in [3.05, 3.63) is 24.3 Å². The van der Waals surface area contributed by atoms with Gasteiger partial charge in [0.2, 0.25) is 5.91 Å². The maximum atomic E-state index is 12.3. The molecule has 0 bridgehead atoms. The van der Waals surface area contributed by atoms with Crippen LogP contribution in [0.5, 0.6) is 0 Å². The second-order valence-electron chi connectivity index (χ2n) is 13.8. The molecule has 0 aromatic carbocycles. The molecule has 11 nitrogen and oxygen atoms in total. The molecule has 0 aliphatic rings. The number of carbonyl (C=O) groups is 3. The third-order valence-corrected chi connectivity index (χ3v) is 9.64. The monoisotopic (exact) mass is 760 g/mol. The molecule has 304 valence electrons. The lowest BCUT2D eigenvalue weighted by atomic mass is 10.1. The van der Waals surface area contributed by atoms with Crippen LogP contribution in [0.15, 0.2) is 24.3 Å². The third-order valence-electron chi connectivity index (χ3n) is 8.69. The van der Waals surface area contributed by atoms with Gasteiger partial charge >= 0.3 is 19.8 Å². The van der Waals surface area contributed by atoms with E-state index >= 15 is 0 Å². The number of allylic oxidation sites excluding steroid dienone is 4. The van der Waals surface area contributed by atoms with Crippen LogP contribution in [0.3, 0.4) is 0 Å². The van der Waals surface area contributed by atoms with Crippen LogP contribution in [-0.2, 0) is 32.7 Å². The van der Waals surface area contributed by atoms with E-state index in [2.05, 4.69) is 43.5 Å². The number of aliphatic carboxylic acids is 1. The first-order valence-electron chi connectivity index (χ1n) is 20.4. The van der Waals surface area contributed by atoms with Crippen molar-refractivity contribution in [2.24, 2.45) is 0 Å². The van der Waals surface area contributed by atoms with E-state index in [4.69, 9.17) is 13.8 Å². The standard InChI is InChI=1S/C40H74NO10P/c1-3-5-7-9-11-13-15-16-17-18-19-20-21-22-23-25-27-29-31-38(43)41-37(40(45)46)35-51-52(47,48)50-34-36(42)33-49-39(44)32-30-28-26-24-14-12-10-8-6-4-2/h8,10,17-18,36-37,42H,3-7,9,11-16,19-35H2,1-2H3,(H,41,43)(H,45,46)(H,47,48)/b10-8-,18-17-. The largest absolute Gasteiger partial charge is 0.480 e. The quantitative estimate of drug-likeness (QED) is 0.0206. The van der Waals surface area contributed by atoms with Crippen LogP contribution in [0.25, 0.3) is 0 Å². The SMILES string of the molecule is CCC/C=C\CCCCCCCC(=O)OCC(O)COP(=O)(O)OCC(NC(=O)CCCCCCCCC/C=C\CCCCCCCCC)C(=O)O. The van der Waals surface area contributed by atoms with Crippen LogP contribution in [0.2, 0.25) is 0 Å². The summed E-state index contributed by atoms with van der Waals surface area (Å²) in [6.07, 6.45) is 35.0. The van der Waals surface area contributed by atoms with E-state index in [9.17, 15) is 34.1 Å². The number of unbranched alkanes of at least 4 members (excludes halogenated alkanes) is 20. The van der Waals surface area contributed by atoms with Crippen molar-refractivity contribution in [2.75, 3.05) is 19.8 Å². The fraction of sp³-hybridized carbons (Fsp3) is 0.825. The minimum atomic E-state index is -4.75. The topological polar surface area (TPSA) is 169 Å². The van der Waals surface area contributed by atoms with Crippen LogP contribution < -0.4 is 5.32 Å². The number of carboxylic acid groups (broad SMARTS) is 1. The summed E-state index contributed by atoms with van der Waals surface area (Å²) in [7, 11) is -4.75. The predicted octanol–water partition coefficient (Wildman–Crippen LogP) is 9.89. The fourth-order valence-electron chi connectivity index (χ4n) is 5.49. The van der Waals surface area contributed by atoms with Crippen LogP contribution >= 0.6 is 7.82 Å². The summed E-state index contributed by atoms with van der Waals surface area (Å²) < 4.78 is 26.7. The van der Waals surface area contributed by atoms with E-state index in [1.165, 1.54) is 64.2 Å². The lowest BCUT2D eigenvalue weighted by molar-refractivity contribution is -0.147. The lowest BCUT2D eigenvalue weighted by Gasteiger charge is -2.18. The molecule has 0 heterocycles. The molecule has 3 atom stereocenters. The van der Waals surface area contributed by atoms with Gasteiger partial charge in [-0.05, 0) is 57.8 Å². The Bertz CT molecular complexity index is 989. The Morgan fingerprint density at radius 3 is 1.54 bits per heavy atom. The number of hydrogen-bond donors (Lipinski definition) is 4. The summed E-state index contributed by atoms with van der Waals surface area (Å²) in [6, 6.07) is -1.55. The minimum absolute atomic E-state index is 0.141. The molecule has 3 unspecified atom stereocenters. The van der Waals surface area contributed by atoms with E-state index in [1.807, 2.05) is 0 Å². The van der Waals surface area contributed by atoms with E-state index in [0.29, 0.717) is 12.8 Å². The van der Waals surface area contributed by atoms with Gasteiger partial charge in [0.05, 0.1) is 13.2 Å². The number of ether oxygens (including phenoxy) is 1. The minimum Gasteiger partial charge on any atom is -0.480 e. The number of carbonyl (C=O) groups excluding carboxylic acids is 2. The van der Waals surface area contributed by atoms with Gasteiger partial charge in [-0.25, -0.2) is 9.36 Å². The number of aliphatic hydroxyl groups is 1. The highest BCUT2D eigenvalue weighted by atomic mass is 31.2. The van der Waals surface area contributed by atoms with Gasteiger partial charge in [-0.15, -0.1) is 0 Å². The highest BCUT2D eigenvalue weighted by molar-refractivity contribution is 7.47. The van der Waals surface area contributed by atoms with Gasteiger partial charge in [0.1, 0.15) is 12.7 Å². The second kappa shape index (κ2) is 36.0. The summed E-state index contributed by atoms with van der Waals surface area (Å²) in [4.78, 5) is 45.7. The average Bonchev–Trinajstić information content (AvgIpc) is 3.11. The molecular weight excluding hydrogens is 685 g/mol. The molecule has 0 spiro atoms. The highest BCUT2D eigenvalue weighted by Gasteiger charge is 2.28. The van der Waals surface area contributed by atoms with Crippen molar-refractivity contribution < 1.29 is 47.8 Å². The van der Waals surface area contributed by atoms with Crippen LogP contribution in [0.4, 0.5) is 0 Å². The molecule has 0 aromatic rings. The number of rotatable bonds is 38. The first kappa shape index (κ1) is 50.0. The van der Waals surface area contributed by atoms with Gasteiger partial charge in [-0.3, -0.25) is 18.6 Å². The normalized spacial score (nSPS) is 14.1. The van der Waals surface area contributed by atoms with Crippen molar-refractivity contribution in [3.63, 3.8) is 0 Å². The number of phosphoric ester groups is 1. The van der Waals surface area contributed by atoms with Gasteiger partial charge in [-0.1, -0.05) is 134 Å². The second-order valence-corrected chi connectivity index (χ2v) is 15.3. The molecule has 0 aliphatic heterocycles. The first-order valence-corrected chi connectivity index (χ1v) is 21.9. The molecule has 0 aliphatic carbocycles. The van der Waals surface area contributed by atoms with Gasteiger partial charge in [0.25, 0.3) is 0 Å². The molecule has 12 heteroatoms. The number of carboxylic acids is 1. The predicted molar refractivity (Wildman–Crippen MR) is 208 cm³/mol. The molecule has 0 saturated carbocycles. The Balaban J connectivity index is 3.93. The number of hydrogen-bond acceptors (Lipinski definition) is 8. The Morgan fingerprint density at radius 1 is 0.596 bits per heavy atom. The molecule has 1 amide bonds. The van der Waals surface area contributed by atoms with Crippen molar-refractivity contribution in [1.29, 1.82) is 0 Å². The smallest absolute Gasteiger partial charge is 0.472 e. The number of phosphoric acid groups is 1. The number of esters is 1. The van der Waals surface area contributed by atoms with Crippen molar-refractivity contribution in [1.82, 2.24) is 5.32 Å². The maximum absolute atomic E-state index is 12.3. The Kier molecular flexibility index (Phi) is 34.6. The molecule has 52 heavy (non-hydrogen) atoms. The van der Waals surface area contributed by atoms with Gasteiger partial charge in [-0.2, -0.15) is 0 Å². The highest BCUT2D eigenvalue weighted by Crippen LogP contribution is 2.43. The molecule has 0 aromatic heterocycles. The summed E-state index contributed by atoms with van der Waals surface area (Å²) in [5.41, 5.74) is 0. The molecule has 0 rings (SSSR count). The number of amides is 1. The summed E-state index contributed by atoms with van der Waals surface area (Å²) in [5.74, 6) is -2.39. The molecular formula is C40H74NO10P. The summed E-state index contributed by atoms with van der Waals surface area (Å²) in [5, 5.41) is 21.7. The van der Waals surface area contributed by atoms with Crippen molar-refractivity contribution in [2.45, 2.75) is 193 Å². The maximum Gasteiger partial charge on any atom is 0.472 e. The molecule has 0 radical (unpaired) electrons. The lowest BCUT2D eigenvalue weighted by Crippen LogP contribution is -2.43. The fourth-order valence-corrected chi connectivity index (χ4v) is 6.26. The van der Waals surface area contributed by atoms with E-state index in [0.717, 1.165) is 77.0 Å². The third kappa shape index (κ3) is 35.0. The zero-order chi connectivity index (χ0) is 38.5. The summed E-state index contributed by atoms with van der Waals surface area (Å²) in [6.45, 7) is 2.50.